The van der Waals surface area contributed by atoms with Gasteiger partial charge < -0.3 is 10.6 Å². The molecule has 0 saturated carbocycles. The molecule has 0 fully saturated rings. The number of nitrogens with zero attached hydrogens (tertiary/aromatic N) is 1. The fourth-order valence-electron chi connectivity index (χ4n) is 2.14. The van der Waals surface area contributed by atoms with Crippen LogP contribution >= 0.6 is 0 Å². The number of benzene rings is 2. The molecule has 118 valence electrons. The fourth-order valence-corrected chi connectivity index (χ4v) is 2.14. The number of rotatable bonds is 2. The number of hydrogen-bond acceptors (Lipinski definition) is 2. The van der Waals surface area contributed by atoms with E-state index < -0.39 is 17.8 Å². The van der Waals surface area contributed by atoms with E-state index in [0.29, 0.717) is 5.69 Å². The van der Waals surface area contributed by atoms with Gasteiger partial charge in [-0.1, -0.05) is 12.1 Å². The van der Waals surface area contributed by atoms with E-state index in [2.05, 4.69) is 20.8 Å². The van der Waals surface area contributed by atoms with Gasteiger partial charge in [0.25, 0.3) is 0 Å². The van der Waals surface area contributed by atoms with Gasteiger partial charge in [-0.3, -0.25) is 5.10 Å². The predicted octanol–water partition coefficient (Wildman–Crippen LogP) is 4.23. The number of H-pyrrole nitrogens is 1. The van der Waals surface area contributed by atoms with Gasteiger partial charge in [0.2, 0.25) is 0 Å². The highest BCUT2D eigenvalue weighted by Crippen LogP contribution is 2.34. The fraction of sp³-hybridized carbons (Fsp3) is 0.0667. The van der Waals surface area contributed by atoms with Crippen molar-refractivity contribution in [2.45, 2.75) is 6.18 Å². The second kappa shape index (κ2) is 5.64. The van der Waals surface area contributed by atoms with E-state index in [9.17, 15) is 18.0 Å². The number of hydrogen-bond donors (Lipinski definition) is 3. The van der Waals surface area contributed by atoms with Crippen molar-refractivity contribution in [2.75, 3.05) is 10.6 Å². The molecule has 0 aliphatic heterocycles. The third kappa shape index (κ3) is 3.25. The molecule has 23 heavy (non-hydrogen) atoms. The Kier molecular flexibility index (Phi) is 3.65. The summed E-state index contributed by atoms with van der Waals surface area (Å²) in [6, 6.07) is 9.02. The zero-order valence-electron chi connectivity index (χ0n) is 11.6. The van der Waals surface area contributed by atoms with Crippen LogP contribution < -0.4 is 10.6 Å². The highest BCUT2D eigenvalue weighted by molar-refractivity contribution is 6.01. The van der Waals surface area contributed by atoms with Gasteiger partial charge in [-0.25, -0.2) is 4.79 Å². The average molecular weight is 320 g/mol. The van der Waals surface area contributed by atoms with Crippen LogP contribution in [0.1, 0.15) is 5.56 Å². The van der Waals surface area contributed by atoms with E-state index in [1.807, 2.05) is 0 Å². The number of halogens is 3. The lowest BCUT2D eigenvalue weighted by atomic mass is 10.1. The topological polar surface area (TPSA) is 69.8 Å². The van der Waals surface area contributed by atoms with E-state index in [0.717, 1.165) is 17.0 Å². The van der Waals surface area contributed by atoms with Gasteiger partial charge in [-0.05, 0) is 30.3 Å². The molecule has 0 aliphatic carbocycles. The zero-order valence-corrected chi connectivity index (χ0v) is 11.6. The molecule has 3 rings (SSSR count). The van der Waals surface area contributed by atoms with Crippen LogP contribution in [0.15, 0.2) is 48.7 Å². The summed E-state index contributed by atoms with van der Waals surface area (Å²) in [7, 11) is 0. The lowest BCUT2D eigenvalue weighted by Crippen LogP contribution is -2.21. The Labute approximate surface area is 128 Å². The molecule has 1 heterocycles. The Morgan fingerprint density at radius 3 is 2.65 bits per heavy atom. The molecule has 8 heteroatoms. The number of aromatic amines is 1. The maximum atomic E-state index is 12.9. The number of carbonyl (C=O) groups is 1. The Balaban J connectivity index is 1.77. The molecule has 1 aromatic heterocycles. The van der Waals surface area contributed by atoms with E-state index in [-0.39, 0.29) is 5.69 Å². The van der Waals surface area contributed by atoms with Crippen molar-refractivity contribution in [3.8, 4) is 0 Å². The van der Waals surface area contributed by atoms with E-state index in [4.69, 9.17) is 0 Å². The molecule has 2 amide bonds. The van der Waals surface area contributed by atoms with E-state index in [1.54, 1.807) is 24.4 Å². The largest absolute Gasteiger partial charge is 0.418 e. The van der Waals surface area contributed by atoms with Crippen molar-refractivity contribution in [3.63, 3.8) is 0 Å². The molecule has 3 aromatic rings. The summed E-state index contributed by atoms with van der Waals surface area (Å²) < 4.78 is 38.6. The first-order chi connectivity index (χ1) is 10.9. The Bertz CT molecular complexity index is 857. The first-order valence-electron chi connectivity index (χ1n) is 6.61. The standard InChI is InChI=1S/C15H11F3N4O/c16-15(17,18)11-3-1-2-4-13(11)21-14(23)20-10-5-6-12-9(7-10)8-19-22-12/h1-8H,(H,19,22)(H2,20,21,23). The van der Waals surface area contributed by atoms with Gasteiger partial charge in [0.1, 0.15) is 0 Å². The van der Waals surface area contributed by atoms with Crippen molar-refractivity contribution in [3.05, 3.63) is 54.2 Å². The monoisotopic (exact) mass is 320 g/mol. The van der Waals surface area contributed by atoms with Crippen molar-refractivity contribution in [1.29, 1.82) is 0 Å². The molecule has 0 aliphatic rings. The number of urea groups is 1. The van der Waals surface area contributed by atoms with Crippen LogP contribution in [0.3, 0.4) is 0 Å². The summed E-state index contributed by atoms with van der Waals surface area (Å²) in [6.07, 6.45) is -2.96. The summed E-state index contributed by atoms with van der Waals surface area (Å²) >= 11 is 0. The van der Waals surface area contributed by atoms with Gasteiger partial charge in [0.15, 0.2) is 0 Å². The summed E-state index contributed by atoms with van der Waals surface area (Å²) in [4.78, 5) is 11.9. The molecular formula is C15H11F3N4O. The molecular weight excluding hydrogens is 309 g/mol. The first-order valence-corrected chi connectivity index (χ1v) is 6.61. The van der Waals surface area contributed by atoms with Crippen LogP contribution in [0.4, 0.5) is 29.3 Å². The molecule has 0 bridgehead atoms. The first kappa shape index (κ1) is 14.9. The number of para-hydroxylation sites is 1. The maximum Gasteiger partial charge on any atom is 0.418 e. The quantitative estimate of drug-likeness (QED) is 0.661. The van der Waals surface area contributed by atoms with Gasteiger partial charge in [-0.15, -0.1) is 0 Å². The minimum atomic E-state index is -4.54. The molecule has 0 atom stereocenters. The summed E-state index contributed by atoms with van der Waals surface area (Å²) in [6.45, 7) is 0. The molecule has 3 N–H and O–H groups in total. The lowest BCUT2D eigenvalue weighted by Gasteiger charge is -2.14. The third-order valence-corrected chi connectivity index (χ3v) is 3.18. The highest BCUT2D eigenvalue weighted by atomic mass is 19.4. The number of fused-ring (bicyclic) bond motifs is 1. The van der Waals surface area contributed by atoms with Crippen molar-refractivity contribution >= 4 is 28.3 Å². The smallest absolute Gasteiger partial charge is 0.308 e. The summed E-state index contributed by atoms with van der Waals surface area (Å²) in [5.74, 6) is 0. The number of carbonyl (C=O) groups excluding carboxylic acids is 1. The summed E-state index contributed by atoms with van der Waals surface area (Å²) in [5.41, 5.74) is 0.0293. The summed E-state index contributed by atoms with van der Waals surface area (Å²) in [5, 5.41) is 12.1. The molecule has 2 aromatic carbocycles. The van der Waals surface area contributed by atoms with Crippen LogP contribution in [0.5, 0.6) is 0 Å². The normalized spacial score (nSPS) is 11.4. The van der Waals surface area contributed by atoms with Gasteiger partial charge in [0, 0.05) is 11.1 Å². The minimum absolute atomic E-state index is 0.304. The van der Waals surface area contributed by atoms with Gasteiger partial charge in [-0.2, -0.15) is 18.3 Å². The van der Waals surface area contributed by atoms with E-state index >= 15 is 0 Å². The average Bonchev–Trinajstić information content (AvgIpc) is 2.94. The molecule has 0 spiro atoms. The molecule has 0 unspecified atom stereocenters. The van der Waals surface area contributed by atoms with Gasteiger partial charge in [0.05, 0.1) is 23.0 Å². The Morgan fingerprint density at radius 2 is 1.87 bits per heavy atom. The van der Waals surface area contributed by atoms with Crippen LogP contribution in [0.25, 0.3) is 10.9 Å². The Morgan fingerprint density at radius 1 is 1.09 bits per heavy atom. The van der Waals surface area contributed by atoms with Crippen LogP contribution in [-0.2, 0) is 6.18 Å². The maximum absolute atomic E-state index is 12.9. The highest BCUT2D eigenvalue weighted by Gasteiger charge is 2.33. The van der Waals surface area contributed by atoms with Crippen molar-refractivity contribution < 1.29 is 18.0 Å². The van der Waals surface area contributed by atoms with Gasteiger partial charge >= 0.3 is 12.2 Å². The second-order valence-electron chi connectivity index (χ2n) is 4.79. The minimum Gasteiger partial charge on any atom is -0.308 e. The SMILES string of the molecule is O=C(Nc1ccc2[nH]ncc2c1)Nc1ccccc1C(F)(F)F. The lowest BCUT2D eigenvalue weighted by molar-refractivity contribution is -0.136. The van der Waals surface area contributed by atoms with Crippen LogP contribution in [-0.4, -0.2) is 16.2 Å². The number of aromatic nitrogens is 2. The molecule has 0 saturated heterocycles. The zero-order chi connectivity index (χ0) is 16.4. The van der Waals surface area contributed by atoms with Crippen molar-refractivity contribution in [1.82, 2.24) is 10.2 Å². The third-order valence-electron chi connectivity index (χ3n) is 3.18. The predicted molar refractivity (Wildman–Crippen MR) is 80.2 cm³/mol. The number of alkyl halides is 3. The number of anilines is 2. The van der Waals surface area contributed by atoms with Crippen LogP contribution in [0.2, 0.25) is 0 Å². The second-order valence-corrected chi connectivity index (χ2v) is 4.79. The number of nitrogens with one attached hydrogen (secondary N) is 3. The van der Waals surface area contributed by atoms with Crippen LogP contribution in [0, 0.1) is 0 Å². The molecule has 5 nitrogen and oxygen atoms in total. The Hall–Kier alpha value is -3.03. The van der Waals surface area contributed by atoms with E-state index in [1.165, 1.54) is 18.2 Å². The van der Waals surface area contributed by atoms with Crippen molar-refractivity contribution in [2.24, 2.45) is 0 Å². The molecule has 0 radical (unpaired) electrons. The number of amides is 2.